The second kappa shape index (κ2) is 6.84. The molecule has 2 aromatic carbocycles. The van der Waals surface area contributed by atoms with Crippen molar-refractivity contribution in [3.8, 4) is 22.6 Å². The van der Waals surface area contributed by atoms with Crippen molar-refractivity contribution < 1.29 is 35.8 Å². The van der Waals surface area contributed by atoms with Gasteiger partial charge in [-0.15, -0.1) is 38.1 Å². The first-order valence-electron chi connectivity index (χ1n) is 6.37. The first-order valence-corrected chi connectivity index (χ1v) is 7.60. The molecule has 0 radical (unpaired) electrons. The standard InChI is InChI=1S/C15H10F6O2S/c1-24-13-7-6-11(23-15(19,20)21)8-12(13)9-2-4-10(5-3-9)22-14(16,17)18/h2-8H,1H3. The van der Waals surface area contributed by atoms with Crippen molar-refractivity contribution in [2.75, 3.05) is 6.26 Å². The van der Waals surface area contributed by atoms with Crippen LogP contribution in [0.2, 0.25) is 0 Å². The number of halogens is 6. The van der Waals surface area contributed by atoms with Crippen molar-refractivity contribution in [2.45, 2.75) is 17.6 Å². The van der Waals surface area contributed by atoms with Crippen LogP contribution in [-0.2, 0) is 0 Å². The molecule has 0 bridgehead atoms. The lowest BCUT2D eigenvalue weighted by Crippen LogP contribution is -2.17. The lowest BCUT2D eigenvalue weighted by molar-refractivity contribution is -0.275. The van der Waals surface area contributed by atoms with Gasteiger partial charge >= 0.3 is 12.7 Å². The molecule has 2 nitrogen and oxygen atoms in total. The van der Waals surface area contributed by atoms with E-state index in [0.717, 1.165) is 12.1 Å². The van der Waals surface area contributed by atoms with Crippen LogP contribution in [0.4, 0.5) is 26.3 Å². The Morgan fingerprint density at radius 2 is 1.25 bits per heavy atom. The molecule has 24 heavy (non-hydrogen) atoms. The maximum atomic E-state index is 12.3. The van der Waals surface area contributed by atoms with Crippen LogP contribution in [0, 0.1) is 0 Å². The van der Waals surface area contributed by atoms with E-state index in [4.69, 9.17) is 0 Å². The van der Waals surface area contributed by atoms with E-state index < -0.39 is 24.2 Å². The van der Waals surface area contributed by atoms with Crippen molar-refractivity contribution in [3.05, 3.63) is 42.5 Å². The fraction of sp³-hybridized carbons (Fsp3) is 0.200. The fourth-order valence-electron chi connectivity index (χ4n) is 1.95. The van der Waals surface area contributed by atoms with Crippen LogP contribution in [-0.4, -0.2) is 19.0 Å². The van der Waals surface area contributed by atoms with Gasteiger partial charge < -0.3 is 9.47 Å². The van der Waals surface area contributed by atoms with Crippen molar-refractivity contribution in [1.29, 1.82) is 0 Å². The summed E-state index contributed by atoms with van der Waals surface area (Å²) in [6.45, 7) is 0. The summed E-state index contributed by atoms with van der Waals surface area (Å²) in [5.41, 5.74) is 0.837. The average molecular weight is 368 g/mol. The largest absolute Gasteiger partial charge is 0.573 e. The molecule has 9 heteroatoms. The minimum atomic E-state index is -4.83. The lowest BCUT2D eigenvalue weighted by atomic mass is 10.1. The number of hydrogen-bond donors (Lipinski definition) is 0. The van der Waals surface area contributed by atoms with Gasteiger partial charge in [-0.2, -0.15) is 0 Å². The first-order chi connectivity index (χ1) is 11.1. The molecule has 0 saturated carbocycles. The Morgan fingerprint density at radius 3 is 1.75 bits per heavy atom. The second-order valence-corrected chi connectivity index (χ2v) is 5.33. The van der Waals surface area contributed by atoms with Gasteiger partial charge in [-0.05, 0) is 47.7 Å². The molecule has 0 aromatic heterocycles. The molecule has 0 amide bonds. The topological polar surface area (TPSA) is 18.5 Å². The highest BCUT2D eigenvalue weighted by Crippen LogP contribution is 2.36. The van der Waals surface area contributed by atoms with Crippen molar-refractivity contribution in [1.82, 2.24) is 0 Å². The van der Waals surface area contributed by atoms with E-state index in [1.165, 1.54) is 42.1 Å². The normalized spacial score (nSPS) is 12.1. The molecule has 0 spiro atoms. The highest BCUT2D eigenvalue weighted by atomic mass is 32.2. The highest BCUT2D eigenvalue weighted by molar-refractivity contribution is 7.98. The van der Waals surface area contributed by atoms with E-state index in [0.29, 0.717) is 16.0 Å². The zero-order valence-corrected chi connectivity index (χ0v) is 12.9. The van der Waals surface area contributed by atoms with Gasteiger partial charge in [0.05, 0.1) is 0 Å². The van der Waals surface area contributed by atoms with Gasteiger partial charge in [-0.3, -0.25) is 0 Å². The molecule has 0 N–H and O–H groups in total. The third-order valence-corrected chi connectivity index (χ3v) is 3.60. The van der Waals surface area contributed by atoms with E-state index in [-0.39, 0.29) is 0 Å². The van der Waals surface area contributed by atoms with Gasteiger partial charge in [-0.25, -0.2) is 0 Å². The Hall–Kier alpha value is -2.03. The van der Waals surface area contributed by atoms with E-state index in [9.17, 15) is 26.3 Å². The van der Waals surface area contributed by atoms with Gasteiger partial charge in [0.25, 0.3) is 0 Å². The molecule has 0 aliphatic rings. The Kier molecular flexibility index (Phi) is 5.22. The summed E-state index contributed by atoms with van der Waals surface area (Å²) in [7, 11) is 0. The summed E-state index contributed by atoms with van der Waals surface area (Å²) >= 11 is 1.28. The molecule has 0 atom stereocenters. The fourth-order valence-corrected chi connectivity index (χ4v) is 2.55. The molecule has 2 rings (SSSR count). The summed E-state index contributed by atoms with van der Waals surface area (Å²) in [5.74, 6) is -0.828. The number of alkyl halides is 6. The highest BCUT2D eigenvalue weighted by Gasteiger charge is 2.32. The van der Waals surface area contributed by atoms with Crippen LogP contribution in [0.15, 0.2) is 47.4 Å². The second-order valence-electron chi connectivity index (χ2n) is 4.48. The Balaban J connectivity index is 2.34. The predicted molar refractivity (Wildman–Crippen MR) is 77.0 cm³/mol. The molecule has 0 aliphatic carbocycles. The molecular formula is C15H10F6O2S. The van der Waals surface area contributed by atoms with Crippen LogP contribution in [0.1, 0.15) is 0 Å². The Morgan fingerprint density at radius 1 is 0.750 bits per heavy atom. The quantitative estimate of drug-likeness (QED) is 0.497. The third kappa shape index (κ3) is 5.26. The minimum absolute atomic E-state index is 0.405. The molecule has 0 unspecified atom stereocenters. The average Bonchev–Trinajstić information content (AvgIpc) is 2.44. The van der Waals surface area contributed by atoms with E-state index >= 15 is 0 Å². The first kappa shape index (κ1) is 18.3. The zero-order valence-electron chi connectivity index (χ0n) is 12.0. The predicted octanol–water partition coefficient (Wildman–Crippen LogP) is 5.87. The van der Waals surface area contributed by atoms with Gasteiger partial charge in [0.1, 0.15) is 11.5 Å². The van der Waals surface area contributed by atoms with E-state index in [1.54, 1.807) is 6.26 Å². The maximum Gasteiger partial charge on any atom is 0.573 e. The smallest absolute Gasteiger partial charge is 0.406 e. The molecule has 0 saturated heterocycles. The number of thioether (sulfide) groups is 1. The van der Waals surface area contributed by atoms with Crippen LogP contribution in [0.25, 0.3) is 11.1 Å². The third-order valence-electron chi connectivity index (χ3n) is 2.80. The summed E-state index contributed by atoms with van der Waals surface area (Å²) in [5, 5.41) is 0. The summed E-state index contributed by atoms with van der Waals surface area (Å²) in [6, 6.07) is 8.62. The molecular weight excluding hydrogens is 358 g/mol. The van der Waals surface area contributed by atoms with Crippen molar-refractivity contribution >= 4 is 11.8 Å². The number of benzene rings is 2. The monoisotopic (exact) mass is 368 g/mol. The van der Waals surface area contributed by atoms with Crippen LogP contribution in [0.5, 0.6) is 11.5 Å². The SMILES string of the molecule is CSc1ccc(OC(F)(F)F)cc1-c1ccc(OC(F)(F)F)cc1. The Labute approximate surface area is 137 Å². The molecule has 130 valence electrons. The van der Waals surface area contributed by atoms with E-state index in [2.05, 4.69) is 9.47 Å². The zero-order chi connectivity index (χ0) is 18.0. The number of hydrogen-bond acceptors (Lipinski definition) is 3. The van der Waals surface area contributed by atoms with E-state index in [1.807, 2.05) is 0 Å². The summed E-state index contributed by atoms with van der Waals surface area (Å²) < 4.78 is 81.0. The minimum Gasteiger partial charge on any atom is -0.406 e. The Bertz CT molecular complexity index is 695. The summed E-state index contributed by atoms with van der Waals surface area (Å²) in [6.07, 6.45) is -7.92. The van der Waals surface area contributed by atoms with Crippen LogP contribution in [0.3, 0.4) is 0 Å². The molecule has 2 aromatic rings. The van der Waals surface area contributed by atoms with Crippen LogP contribution >= 0.6 is 11.8 Å². The number of rotatable bonds is 4. The molecule has 0 fully saturated rings. The van der Waals surface area contributed by atoms with Gasteiger partial charge in [-0.1, -0.05) is 12.1 Å². The maximum absolute atomic E-state index is 12.3. The molecule has 0 heterocycles. The lowest BCUT2D eigenvalue weighted by Gasteiger charge is -2.14. The van der Waals surface area contributed by atoms with Gasteiger partial charge in [0, 0.05) is 4.90 Å². The van der Waals surface area contributed by atoms with Crippen LogP contribution < -0.4 is 9.47 Å². The van der Waals surface area contributed by atoms with Gasteiger partial charge in [0.2, 0.25) is 0 Å². The molecule has 0 aliphatic heterocycles. The van der Waals surface area contributed by atoms with Crippen molar-refractivity contribution in [3.63, 3.8) is 0 Å². The van der Waals surface area contributed by atoms with Crippen molar-refractivity contribution in [2.24, 2.45) is 0 Å². The van der Waals surface area contributed by atoms with Gasteiger partial charge in [0.15, 0.2) is 0 Å². The number of ether oxygens (including phenoxy) is 2. The summed E-state index contributed by atoms with van der Waals surface area (Å²) in [4.78, 5) is 0.647.